The lowest BCUT2D eigenvalue weighted by Crippen LogP contribution is -2.53. The third-order valence-electron chi connectivity index (χ3n) is 6.14. The number of carbonyl (C=O) groups is 2. The summed E-state index contributed by atoms with van der Waals surface area (Å²) in [6, 6.07) is 6.52. The molecular formula is C25H40FN3O3. The molecular weight excluding hydrogens is 409 g/mol. The highest BCUT2D eigenvalue weighted by molar-refractivity contribution is 5.73. The van der Waals surface area contributed by atoms with Gasteiger partial charge in [0.25, 0.3) is 0 Å². The van der Waals surface area contributed by atoms with Crippen molar-refractivity contribution in [2.75, 3.05) is 39.3 Å². The topological polar surface area (TPSA) is 53.1 Å². The van der Waals surface area contributed by atoms with Crippen molar-refractivity contribution in [3.05, 3.63) is 35.6 Å². The van der Waals surface area contributed by atoms with E-state index in [0.29, 0.717) is 50.7 Å². The molecule has 1 aliphatic heterocycles. The maximum atomic E-state index is 14.8. The molecule has 0 aliphatic carbocycles. The fourth-order valence-corrected chi connectivity index (χ4v) is 4.10. The molecule has 180 valence electrons. The molecule has 6 nitrogen and oxygen atoms in total. The van der Waals surface area contributed by atoms with Crippen molar-refractivity contribution in [2.45, 2.75) is 66.0 Å². The van der Waals surface area contributed by atoms with Crippen molar-refractivity contribution in [3.63, 3.8) is 0 Å². The van der Waals surface area contributed by atoms with Crippen LogP contribution in [-0.4, -0.2) is 71.6 Å². The number of amides is 2. The summed E-state index contributed by atoms with van der Waals surface area (Å²) in [6.45, 7) is 14.7. The fraction of sp³-hybridized carbons (Fsp3) is 0.680. The Balaban J connectivity index is 2.19. The molecule has 1 fully saturated rings. The molecule has 1 saturated heterocycles. The summed E-state index contributed by atoms with van der Waals surface area (Å²) in [5.41, 5.74) is 0.0510. The van der Waals surface area contributed by atoms with Crippen LogP contribution in [0.25, 0.3) is 0 Å². The summed E-state index contributed by atoms with van der Waals surface area (Å²) in [6.07, 6.45) is 1.68. The third kappa shape index (κ3) is 7.47. The molecule has 1 atom stereocenters. The third-order valence-corrected chi connectivity index (χ3v) is 6.14. The van der Waals surface area contributed by atoms with Crippen molar-refractivity contribution in [3.8, 4) is 0 Å². The predicted molar refractivity (Wildman–Crippen MR) is 125 cm³/mol. The minimum absolute atomic E-state index is 0.00521. The zero-order valence-corrected chi connectivity index (χ0v) is 20.6. The van der Waals surface area contributed by atoms with Crippen molar-refractivity contribution in [1.29, 1.82) is 0 Å². The largest absolute Gasteiger partial charge is 0.444 e. The van der Waals surface area contributed by atoms with Crippen molar-refractivity contribution >= 4 is 12.0 Å². The summed E-state index contributed by atoms with van der Waals surface area (Å²) in [4.78, 5) is 30.6. The normalized spacial score (nSPS) is 16.2. The van der Waals surface area contributed by atoms with Gasteiger partial charge in [0.05, 0.1) is 6.04 Å². The van der Waals surface area contributed by atoms with E-state index in [1.807, 2.05) is 31.7 Å². The monoisotopic (exact) mass is 449 g/mol. The second-order valence-corrected chi connectivity index (χ2v) is 9.65. The fourth-order valence-electron chi connectivity index (χ4n) is 4.10. The first-order valence-electron chi connectivity index (χ1n) is 11.8. The SMILES string of the molecule is CCC(CC)CN(CC(c1ccccc1F)N1CCN(C(=O)OC(C)(C)C)CC1)C(C)=O. The molecule has 1 unspecified atom stereocenters. The summed E-state index contributed by atoms with van der Waals surface area (Å²) in [5, 5.41) is 0. The molecule has 0 bridgehead atoms. The number of hydrogen-bond acceptors (Lipinski definition) is 4. The predicted octanol–water partition coefficient (Wildman–Crippen LogP) is 4.70. The Kier molecular flexibility index (Phi) is 9.49. The number of ether oxygens (including phenoxy) is 1. The van der Waals surface area contributed by atoms with Gasteiger partial charge in [-0.25, -0.2) is 9.18 Å². The number of carbonyl (C=O) groups excluding carboxylic acids is 2. The van der Waals surface area contributed by atoms with Crippen LogP contribution in [0.3, 0.4) is 0 Å². The molecule has 1 aromatic rings. The van der Waals surface area contributed by atoms with Crippen molar-refractivity contribution in [2.24, 2.45) is 5.92 Å². The van der Waals surface area contributed by atoms with Gasteiger partial charge in [-0.3, -0.25) is 9.69 Å². The summed E-state index contributed by atoms with van der Waals surface area (Å²) < 4.78 is 20.3. The first-order valence-corrected chi connectivity index (χ1v) is 11.8. The van der Waals surface area contributed by atoms with Crippen LogP contribution in [0.2, 0.25) is 0 Å². The zero-order chi connectivity index (χ0) is 23.9. The first-order chi connectivity index (χ1) is 15.1. The highest BCUT2D eigenvalue weighted by Crippen LogP contribution is 2.27. The van der Waals surface area contributed by atoms with Gasteiger partial charge in [0.1, 0.15) is 11.4 Å². The number of piperazine rings is 1. The highest BCUT2D eigenvalue weighted by atomic mass is 19.1. The molecule has 32 heavy (non-hydrogen) atoms. The molecule has 2 amide bonds. The maximum Gasteiger partial charge on any atom is 0.410 e. The molecule has 0 saturated carbocycles. The van der Waals surface area contributed by atoms with Crippen LogP contribution in [0.1, 0.15) is 66.0 Å². The van der Waals surface area contributed by atoms with Crippen LogP contribution in [0.15, 0.2) is 24.3 Å². The average molecular weight is 450 g/mol. The van der Waals surface area contributed by atoms with E-state index in [2.05, 4.69) is 18.7 Å². The van der Waals surface area contributed by atoms with Crippen LogP contribution in [0, 0.1) is 11.7 Å². The maximum absolute atomic E-state index is 14.8. The van der Waals surface area contributed by atoms with Crippen molar-refractivity contribution in [1.82, 2.24) is 14.7 Å². The quantitative estimate of drug-likeness (QED) is 0.577. The summed E-state index contributed by atoms with van der Waals surface area (Å²) in [5.74, 6) is 0.160. The van der Waals surface area contributed by atoms with Crippen LogP contribution in [-0.2, 0) is 9.53 Å². The van der Waals surface area contributed by atoms with Gasteiger partial charge in [-0.15, -0.1) is 0 Å². The lowest BCUT2D eigenvalue weighted by molar-refractivity contribution is -0.130. The van der Waals surface area contributed by atoms with E-state index < -0.39 is 5.60 Å². The Hall–Kier alpha value is -2.15. The van der Waals surface area contributed by atoms with Crippen LogP contribution in [0.5, 0.6) is 0 Å². The molecule has 2 rings (SSSR count). The lowest BCUT2D eigenvalue weighted by Gasteiger charge is -2.41. The van der Waals surface area contributed by atoms with Crippen molar-refractivity contribution < 1.29 is 18.7 Å². The van der Waals surface area contributed by atoms with Crippen LogP contribution < -0.4 is 0 Å². The second kappa shape index (κ2) is 11.6. The Labute approximate surface area is 192 Å². The van der Waals surface area contributed by atoms with E-state index in [0.717, 1.165) is 12.8 Å². The summed E-state index contributed by atoms with van der Waals surface area (Å²) in [7, 11) is 0. The van der Waals surface area contributed by atoms with E-state index in [-0.39, 0.29) is 23.9 Å². The van der Waals surface area contributed by atoms with E-state index in [9.17, 15) is 14.0 Å². The van der Waals surface area contributed by atoms with Gasteiger partial charge in [0.15, 0.2) is 0 Å². The Bertz CT molecular complexity index is 753. The van der Waals surface area contributed by atoms with Gasteiger partial charge >= 0.3 is 6.09 Å². The minimum atomic E-state index is -0.541. The van der Waals surface area contributed by atoms with Gasteiger partial charge in [0.2, 0.25) is 5.91 Å². The zero-order valence-electron chi connectivity index (χ0n) is 20.6. The Morgan fingerprint density at radius 2 is 1.66 bits per heavy atom. The number of benzene rings is 1. The van der Waals surface area contributed by atoms with Gasteiger partial charge in [-0.05, 0) is 32.8 Å². The number of rotatable bonds is 8. The van der Waals surface area contributed by atoms with Gasteiger partial charge < -0.3 is 14.5 Å². The van der Waals surface area contributed by atoms with Gasteiger partial charge in [-0.2, -0.15) is 0 Å². The molecule has 1 aromatic carbocycles. The molecule has 0 N–H and O–H groups in total. The molecule has 0 aromatic heterocycles. The molecule has 0 radical (unpaired) electrons. The van der Waals surface area contributed by atoms with Crippen LogP contribution in [0.4, 0.5) is 9.18 Å². The number of nitrogens with zero attached hydrogens (tertiary/aromatic N) is 3. The second-order valence-electron chi connectivity index (χ2n) is 9.65. The first kappa shape index (κ1) is 26.1. The average Bonchev–Trinajstić information content (AvgIpc) is 2.73. The number of hydrogen-bond donors (Lipinski definition) is 0. The van der Waals surface area contributed by atoms with Gasteiger partial charge in [0, 0.05) is 51.8 Å². The Morgan fingerprint density at radius 3 is 2.16 bits per heavy atom. The van der Waals surface area contributed by atoms with E-state index in [4.69, 9.17) is 4.74 Å². The summed E-state index contributed by atoms with van der Waals surface area (Å²) >= 11 is 0. The molecule has 7 heteroatoms. The van der Waals surface area contributed by atoms with E-state index >= 15 is 0 Å². The van der Waals surface area contributed by atoms with Crippen LogP contribution >= 0.6 is 0 Å². The smallest absolute Gasteiger partial charge is 0.410 e. The Morgan fingerprint density at radius 1 is 1.06 bits per heavy atom. The molecule has 1 heterocycles. The highest BCUT2D eigenvalue weighted by Gasteiger charge is 2.32. The minimum Gasteiger partial charge on any atom is -0.444 e. The molecule has 1 aliphatic rings. The van der Waals surface area contributed by atoms with E-state index in [1.165, 1.54) is 6.07 Å². The molecule has 0 spiro atoms. The van der Waals surface area contributed by atoms with Gasteiger partial charge in [-0.1, -0.05) is 44.9 Å². The standard InChI is InChI=1S/C25H40FN3O3/c1-7-20(8-2)17-29(19(3)30)18-23(21-11-9-10-12-22(21)26)27-13-15-28(16-14-27)24(31)32-25(4,5)6/h9-12,20,23H,7-8,13-18H2,1-6H3. The van der Waals surface area contributed by atoms with E-state index in [1.54, 1.807) is 24.0 Å². The number of halogens is 1. The lowest BCUT2D eigenvalue weighted by atomic mass is 10.00.